The minimum atomic E-state index is -0.676. The van der Waals surface area contributed by atoms with Crippen molar-refractivity contribution >= 4 is 33.6 Å². The number of hydrogen-bond acceptors (Lipinski definition) is 4. The van der Waals surface area contributed by atoms with Crippen molar-refractivity contribution < 1.29 is 10.2 Å². The van der Waals surface area contributed by atoms with Gasteiger partial charge in [0.15, 0.2) is 0 Å². The maximum atomic E-state index is 11.6. The van der Waals surface area contributed by atoms with E-state index in [2.05, 4.69) is 50.0 Å². The van der Waals surface area contributed by atoms with Crippen molar-refractivity contribution in [3.05, 3.63) is 69.3 Å². The lowest BCUT2D eigenvalue weighted by Crippen LogP contribution is -2.23. The Hall–Kier alpha value is -2.41. The third kappa shape index (κ3) is 4.76. The molecule has 4 heterocycles. The Balaban J connectivity index is 1.28. The fraction of sp³-hybridized carbons (Fsp3) is 0.484. The highest BCUT2D eigenvalue weighted by Crippen LogP contribution is 2.43. The number of nitrogens with zero attached hydrogens (tertiary/aromatic N) is 4. The van der Waals surface area contributed by atoms with Crippen LogP contribution in [-0.4, -0.2) is 29.0 Å². The summed E-state index contributed by atoms with van der Waals surface area (Å²) in [6.07, 6.45) is 21.1. The summed E-state index contributed by atoms with van der Waals surface area (Å²) in [7, 11) is 0. The highest BCUT2D eigenvalue weighted by molar-refractivity contribution is 14.1. The molecule has 2 N–H and O–H groups in total. The maximum Gasteiger partial charge on any atom is 0.0999 e. The molecule has 2 fully saturated rings. The molecule has 198 valence electrons. The summed E-state index contributed by atoms with van der Waals surface area (Å²) in [5.41, 5.74) is 5.51. The zero-order valence-electron chi connectivity index (χ0n) is 21.6. The normalized spacial score (nSPS) is 22.5. The van der Waals surface area contributed by atoms with E-state index in [0.717, 1.165) is 63.8 Å². The Labute approximate surface area is 237 Å². The lowest BCUT2D eigenvalue weighted by atomic mass is 9.76. The van der Waals surface area contributed by atoms with Crippen molar-refractivity contribution in [3.63, 3.8) is 0 Å². The lowest BCUT2D eigenvalue weighted by Gasteiger charge is -2.32. The van der Waals surface area contributed by atoms with E-state index in [1.807, 2.05) is 22.9 Å². The molecule has 4 unspecified atom stereocenters. The number of rotatable bonds is 6. The van der Waals surface area contributed by atoms with Crippen LogP contribution in [0.25, 0.3) is 11.0 Å². The summed E-state index contributed by atoms with van der Waals surface area (Å²) < 4.78 is 5.12. The van der Waals surface area contributed by atoms with Gasteiger partial charge in [0.1, 0.15) is 0 Å². The second-order valence-corrected chi connectivity index (χ2v) is 12.4. The number of halogens is 1. The van der Waals surface area contributed by atoms with Crippen LogP contribution in [0.2, 0.25) is 0 Å². The van der Waals surface area contributed by atoms with Crippen LogP contribution < -0.4 is 0 Å². The van der Waals surface area contributed by atoms with Crippen LogP contribution in [0.1, 0.15) is 105 Å². The second-order valence-electron chi connectivity index (χ2n) is 11.2. The first-order valence-electron chi connectivity index (χ1n) is 14.0. The number of fused-ring (bicyclic) bond motifs is 2. The van der Waals surface area contributed by atoms with Crippen LogP contribution in [0.15, 0.2) is 43.1 Å². The molecule has 0 aliphatic heterocycles. The molecule has 0 aromatic carbocycles. The number of terminal acetylenes is 1. The average molecular weight is 623 g/mol. The van der Waals surface area contributed by atoms with Gasteiger partial charge in [-0.1, -0.05) is 44.4 Å². The number of imidazole rings is 2. The van der Waals surface area contributed by atoms with E-state index in [1.165, 1.54) is 32.1 Å². The Kier molecular flexibility index (Phi) is 7.48. The molecule has 6 nitrogen and oxygen atoms in total. The zero-order valence-corrected chi connectivity index (χ0v) is 23.8. The van der Waals surface area contributed by atoms with Crippen molar-refractivity contribution in [3.8, 4) is 12.3 Å². The van der Waals surface area contributed by atoms with E-state index < -0.39 is 12.2 Å². The van der Waals surface area contributed by atoms with Crippen LogP contribution in [0.5, 0.6) is 0 Å². The van der Waals surface area contributed by atoms with Crippen LogP contribution in [0, 0.1) is 27.7 Å². The maximum absolute atomic E-state index is 11.6. The van der Waals surface area contributed by atoms with Gasteiger partial charge in [-0.25, -0.2) is 9.97 Å². The van der Waals surface area contributed by atoms with Crippen molar-refractivity contribution in [1.82, 2.24) is 18.8 Å². The first-order chi connectivity index (χ1) is 18.5. The zero-order chi connectivity index (χ0) is 26.2. The van der Waals surface area contributed by atoms with Crippen LogP contribution >= 0.6 is 22.6 Å². The number of aliphatic hydroxyl groups is 2. The van der Waals surface area contributed by atoms with E-state index >= 15 is 0 Å². The number of hydrogen-bond donors (Lipinski definition) is 2. The van der Waals surface area contributed by atoms with Crippen molar-refractivity contribution in [2.75, 3.05) is 0 Å². The van der Waals surface area contributed by atoms with Gasteiger partial charge < -0.3 is 10.2 Å². The molecule has 38 heavy (non-hydrogen) atoms. The smallest absolute Gasteiger partial charge is 0.0999 e. The Morgan fingerprint density at radius 1 is 0.974 bits per heavy atom. The van der Waals surface area contributed by atoms with Gasteiger partial charge in [0.05, 0.1) is 59.2 Å². The topological polar surface area (TPSA) is 75.1 Å². The first-order valence-corrected chi connectivity index (χ1v) is 15.1. The highest BCUT2D eigenvalue weighted by Gasteiger charge is 2.33. The molecule has 7 heteroatoms. The van der Waals surface area contributed by atoms with Crippen molar-refractivity contribution in [2.45, 2.75) is 82.3 Å². The van der Waals surface area contributed by atoms with E-state index in [1.54, 1.807) is 12.5 Å². The standard InChI is InChI=1S/C31H35IN4O2/c1-2-21-11-12-24-17-33-18-35(24)29(21)31(38)23-10-6-9-22(16-23)28-26-14-13-25(32)30(36(26)19-34-28)27(37)15-20-7-4-3-5-8-20/h1,11-14,17-20,22-23,27,31,37-38H,3-10,15-16H2. The fourth-order valence-electron chi connectivity index (χ4n) is 6.99. The molecule has 0 amide bonds. The second kappa shape index (κ2) is 11.0. The monoisotopic (exact) mass is 622 g/mol. The molecule has 0 radical (unpaired) electrons. The van der Waals surface area contributed by atoms with Crippen LogP contribution in [0.4, 0.5) is 0 Å². The van der Waals surface area contributed by atoms with E-state index in [0.29, 0.717) is 11.5 Å². The van der Waals surface area contributed by atoms with Crippen LogP contribution in [0.3, 0.4) is 0 Å². The molecule has 4 atom stereocenters. The average Bonchev–Trinajstić information content (AvgIpc) is 3.60. The number of aromatic nitrogens is 4. The summed E-state index contributed by atoms with van der Waals surface area (Å²) in [5, 5.41) is 22.9. The minimum absolute atomic E-state index is 0.0748. The molecule has 2 saturated carbocycles. The quantitative estimate of drug-likeness (QED) is 0.188. The summed E-state index contributed by atoms with van der Waals surface area (Å²) >= 11 is 2.35. The molecule has 6 rings (SSSR count). The summed E-state index contributed by atoms with van der Waals surface area (Å²) in [6.45, 7) is 0. The summed E-state index contributed by atoms with van der Waals surface area (Å²) in [6, 6.07) is 8.11. The fourth-order valence-corrected chi connectivity index (χ4v) is 7.79. The van der Waals surface area contributed by atoms with E-state index in [-0.39, 0.29) is 11.8 Å². The van der Waals surface area contributed by atoms with Gasteiger partial charge in [-0.2, -0.15) is 0 Å². The number of pyridine rings is 2. The molecule has 0 bridgehead atoms. The van der Waals surface area contributed by atoms with Crippen molar-refractivity contribution in [1.29, 1.82) is 0 Å². The van der Waals surface area contributed by atoms with Crippen molar-refractivity contribution in [2.24, 2.45) is 11.8 Å². The van der Waals surface area contributed by atoms with Gasteiger partial charge in [0.2, 0.25) is 0 Å². The molecule has 0 spiro atoms. The predicted octanol–water partition coefficient (Wildman–Crippen LogP) is 6.58. The third-order valence-corrected chi connectivity index (χ3v) is 9.84. The molecule has 2 aliphatic rings. The molecular formula is C31H35IN4O2. The molecule has 4 aromatic heterocycles. The predicted molar refractivity (Wildman–Crippen MR) is 157 cm³/mol. The SMILES string of the molecule is C#Cc1ccc2cncn2c1C(O)C1CCCC(c2ncn3c(C(O)CC4CCCCC4)c(I)ccc23)C1. The molecule has 2 aliphatic carbocycles. The molecule has 0 saturated heterocycles. The van der Waals surface area contributed by atoms with Gasteiger partial charge in [-0.15, -0.1) is 6.42 Å². The first kappa shape index (κ1) is 25.8. The van der Waals surface area contributed by atoms with Gasteiger partial charge in [-0.3, -0.25) is 8.80 Å². The van der Waals surface area contributed by atoms with Crippen LogP contribution in [-0.2, 0) is 0 Å². The summed E-state index contributed by atoms with van der Waals surface area (Å²) in [4.78, 5) is 9.18. The minimum Gasteiger partial charge on any atom is -0.387 e. The Bertz CT molecular complexity index is 1480. The summed E-state index contributed by atoms with van der Waals surface area (Å²) in [5.74, 6) is 3.68. The van der Waals surface area contributed by atoms with Gasteiger partial charge in [0, 0.05) is 15.1 Å². The number of aliphatic hydroxyl groups excluding tert-OH is 2. The Morgan fingerprint density at radius 2 is 1.82 bits per heavy atom. The van der Waals surface area contributed by atoms with Gasteiger partial charge in [-0.05, 0) is 84.4 Å². The molecular weight excluding hydrogens is 587 g/mol. The molecule has 4 aromatic rings. The lowest BCUT2D eigenvalue weighted by molar-refractivity contribution is 0.0740. The van der Waals surface area contributed by atoms with Gasteiger partial charge >= 0.3 is 0 Å². The Morgan fingerprint density at radius 3 is 2.63 bits per heavy atom. The van der Waals surface area contributed by atoms with E-state index in [4.69, 9.17) is 11.4 Å². The highest BCUT2D eigenvalue weighted by atomic mass is 127. The third-order valence-electron chi connectivity index (χ3n) is 8.93. The largest absolute Gasteiger partial charge is 0.387 e. The van der Waals surface area contributed by atoms with Gasteiger partial charge in [0.25, 0.3) is 0 Å². The van der Waals surface area contributed by atoms with E-state index in [9.17, 15) is 10.2 Å².